The van der Waals surface area contributed by atoms with Gasteiger partial charge in [0.2, 0.25) is 0 Å². The van der Waals surface area contributed by atoms with Crippen LogP contribution in [-0.2, 0) is 19.9 Å². The Labute approximate surface area is 180 Å². The number of hydrogen-bond donors (Lipinski definition) is 1. The van der Waals surface area contributed by atoms with Crippen LogP contribution in [0.2, 0.25) is 0 Å². The van der Waals surface area contributed by atoms with Crippen molar-refractivity contribution in [2.75, 3.05) is 6.54 Å². The van der Waals surface area contributed by atoms with Gasteiger partial charge in [-0.2, -0.15) is 0 Å². The maximum Gasteiger partial charge on any atom is 0.326 e. The van der Waals surface area contributed by atoms with Crippen molar-refractivity contribution in [2.45, 2.75) is 58.6 Å². The zero-order valence-corrected chi connectivity index (χ0v) is 19.0. The van der Waals surface area contributed by atoms with Gasteiger partial charge in [0.15, 0.2) is 0 Å². The number of carbonyl (C=O) groups is 3. The molecule has 1 saturated carbocycles. The lowest BCUT2D eigenvalue weighted by molar-refractivity contribution is -0.158. The van der Waals surface area contributed by atoms with Crippen LogP contribution < -0.4 is 5.32 Å². The largest absolute Gasteiger partial charge is 0.461 e. The minimum Gasteiger partial charge on any atom is -0.461 e. The van der Waals surface area contributed by atoms with Gasteiger partial charge in [-0.25, -0.2) is 4.79 Å². The Bertz CT molecular complexity index is 812. The summed E-state index contributed by atoms with van der Waals surface area (Å²) in [7, 11) is 0. The van der Waals surface area contributed by atoms with E-state index in [0.29, 0.717) is 23.3 Å². The number of amides is 3. The Morgan fingerprint density at radius 3 is 2.72 bits per heavy atom. The molecule has 1 aromatic carbocycles. The average molecular weight is 465 g/mol. The molecule has 6 nitrogen and oxygen atoms in total. The first-order valence-corrected chi connectivity index (χ1v) is 11.0. The first-order valence-electron chi connectivity index (χ1n) is 10.2. The van der Waals surface area contributed by atoms with E-state index >= 15 is 0 Å². The maximum absolute atomic E-state index is 13.0. The molecule has 3 amide bonds. The lowest BCUT2D eigenvalue weighted by atomic mass is 9.75. The molecule has 1 aliphatic carbocycles. The molecule has 158 valence electrons. The van der Waals surface area contributed by atoms with Crippen molar-refractivity contribution in [3.8, 4) is 0 Å². The average Bonchev–Trinajstić information content (AvgIpc) is 2.85. The Morgan fingerprint density at radius 1 is 1.34 bits per heavy atom. The molecule has 3 rings (SSSR count). The Kier molecular flexibility index (Phi) is 6.36. The molecule has 7 heteroatoms. The van der Waals surface area contributed by atoms with Crippen LogP contribution in [0.15, 0.2) is 28.7 Å². The molecule has 29 heavy (non-hydrogen) atoms. The van der Waals surface area contributed by atoms with E-state index in [1.54, 1.807) is 25.1 Å². The van der Waals surface area contributed by atoms with E-state index in [1.165, 1.54) is 0 Å². The molecule has 0 spiro atoms. The highest BCUT2D eigenvalue weighted by molar-refractivity contribution is 9.10. The van der Waals surface area contributed by atoms with Crippen molar-refractivity contribution in [3.05, 3.63) is 34.3 Å². The number of esters is 1. The van der Waals surface area contributed by atoms with Crippen molar-refractivity contribution in [2.24, 2.45) is 17.8 Å². The number of halogens is 1. The third-order valence-corrected chi connectivity index (χ3v) is 6.70. The molecule has 1 N–H and O–H groups in total. The van der Waals surface area contributed by atoms with Gasteiger partial charge in [-0.15, -0.1) is 0 Å². The molecule has 1 heterocycles. The Balaban J connectivity index is 1.70. The monoisotopic (exact) mass is 464 g/mol. The van der Waals surface area contributed by atoms with Crippen molar-refractivity contribution in [1.82, 2.24) is 10.2 Å². The third kappa shape index (κ3) is 4.49. The van der Waals surface area contributed by atoms with E-state index in [1.807, 2.05) is 6.07 Å². The SMILES string of the molecule is CC1CCC(C(C)C)C(OC(=O)CN2C(=O)NC(C)(c3cccc(Br)c3)C2=O)C1. The normalized spacial score (nSPS) is 29.9. The van der Waals surface area contributed by atoms with Crippen molar-refractivity contribution in [3.63, 3.8) is 0 Å². The van der Waals surface area contributed by atoms with Crippen LogP contribution in [0.5, 0.6) is 0 Å². The van der Waals surface area contributed by atoms with Gasteiger partial charge in [0.05, 0.1) is 0 Å². The molecule has 1 aromatic rings. The van der Waals surface area contributed by atoms with Gasteiger partial charge >= 0.3 is 12.0 Å². The molecule has 1 saturated heterocycles. The Hall–Kier alpha value is -1.89. The summed E-state index contributed by atoms with van der Waals surface area (Å²) in [5.41, 5.74) is -0.553. The fraction of sp³-hybridized carbons (Fsp3) is 0.591. The van der Waals surface area contributed by atoms with Gasteiger partial charge in [0, 0.05) is 4.47 Å². The van der Waals surface area contributed by atoms with Crippen LogP contribution in [0.3, 0.4) is 0 Å². The van der Waals surface area contributed by atoms with Crippen molar-refractivity contribution < 1.29 is 19.1 Å². The predicted molar refractivity (Wildman–Crippen MR) is 113 cm³/mol. The van der Waals surface area contributed by atoms with E-state index in [4.69, 9.17) is 4.74 Å². The molecule has 4 unspecified atom stereocenters. The summed E-state index contributed by atoms with van der Waals surface area (Å²) in [6.07, 6.45) is 2.82. The number of hydrogen-bond acceptors (Lipinski definition) is 4. The van der Waals surface area contributed by atoms with E-state index in [2.05, 4.69) is 42.0 Å². The van der Waals surface area contributed by atoms with Crippen LogP contribution in [0.4, 0.5) is 4.79 Å². The second-order valence-electron chi connectivity index (χ2n) is 8.81. The summed E-state index contributed by atoms with van der Waals surface area (Å²) < 4.78 is 6.57. The second-order valence-corrected chi connectivity index (χ2v) is 9.73. The molecule has 2 fully saturated rings. The molecular weight excluding hydrogens is 436 g/mol. The molecule has 4 atom stereocenters. The van der Waals surface area contributed by atoms with Crippen molar-refractivity contribution in [1.29, 1.82) is 0 Å². The van der Waals surface area contributed by atoms with Crippen LogP contribution in [0.25, 0.3) is 0 Å². The van der Waals surface area contributed by atoms with Gasteiger partial charge in [0.25, 0.3) is 5.91 Å². The molecule has 2 aliphatic rings. The molecule has 0 aromatic heterocycles. The highest BCUT2D eigenvalue weighted by Crippen LogP contribution is 2.36. The van der Waals surface area contributed by atoms with Gasteiger partial charge in [-0.3, -0.25) is 14.5 Å². The molecule has 0 bridgehead atoms. The fourth-order valence-electron chi connectivity index (χ4n) is 4.42. The summed E-state index contributed by atoms with van der Waals surface area (Å²) in [4.78, 5) is 39.1. The number of rotatable bonds is 5. The van der Waals surface area contributed by atoms with E-state index < -0.39 is 23.4 Å². The van der Waals surface area contributed by atoms with Crippen LogP contribution in [-0.4, -0.2) is 35.5 Å². The number of imide groups is 1. The van der Waals surface area contributed by atoms with Gasteiger partial charge in [-0.05, 0) is 55.2 Å². The molecule has 0 radical (unpaired) electrons. The topological polar surface area (TPSA) is 75.7 Å². The van der Waals surface area contributed by atoms with Crippen molar-refractivity contribution >= 4 is 33.8 Å². The number of urea groups is 1. The second kappa shape index (κ2) is 8.46. The van der Waals surface area contributed by atoms with E-state index in [-0.39, 0.29) is 12.6 Å². The zero-order valence-electron chi connectivity index (χ0n) is 17.4. The summed E-state index contributed by atoms with van der Waals surface area (Å²) in [6.45, 7) is 7.73. The van der Waals surface area contributed by atoms with Crippen LogP contribution in [0, 0.1) is 17.8 Å². The van der Waals surface area contributed by atoms with Gasteiger partial charge < -0.3 is 10.1 Å². The summed E-state index contributed by atoms with van der Waals surface area (Å²) in [6, 6.07) is 6.64. The van der Waals surface area contributed by atoms with E-state index in [9.17, 15) is 14.4 Å². The Morgan fingerprint density at radius 2 is 2.07 bits per heavy atom. The van der Waals surface area contributed by atoms with Crippen LogP contribution in [0.1, 0.15) is 52.5 Å². The zero-order chi connectivity index (χ0) is 21.3. The summed E-state index contributed by atoms with van der Waals surface area (Å²) in [5.74, 6) is 0.244. The smallest absolute Gasteiger partial charge is 0.326 e. The minimum atomic E-state index is -1.21. The van der Waals surface area contributed by atoms with E-state index in [0.717, 1.165) is 28.6 Å². The predicted octanol–water partition coefficient (Wildman–Crippen LogP) is 4.22. The first-order chi connectivity index (χ1) is 13.6. The standard InChI is InChI=1S/C22H29BrN2O4/c1-13(2)17-9-8-14(3)10-18(17)29-19(26)12-25-20(27)22(4,24-21(25)28)15-6-5-7-16(23)11-15/h5-7,11,13-14,17-18H,8-10,12H2,1-4H3,(H,24,28). The lowest BCUT2D eigenvalue weighted by Gasteiger charge is -2.36. The number of carbonyl (C=O) groups excluding carboxylic acids is 3. The third-order valence-electron chi connectivity index (χ3n) is 6.21. The summed E-state index contributed by atoms with van der Waals surface area (Å²) in [5, 5.41) is 2.73. The van der Waals surface area contributed by atoms with Crippen LogP contribution >= 0.6 is 15.9 Å². The highest BCUT2D eigenvalue weighted by atomic mass is 79.9. The lowest BCUT2D eigenvalue weighted by Crippen LogP contribution is -2.43. The maximum atomic E-state index is 13.0. The number of nitrogens with one attached hydrogen (secondary N) is 1. The number of ether oxygens (including phenoxy) is 1. The molecular formula is C22H29BrN2O4. The fourth-order valence-corrected chi connectivity index (χ4v) is 4.82. The summed E-state index contributed by atoms with van der Waals surface area (Å²) >= 11 is 3.39. The quantitative estimate of drug-likeness (QED) is 0.522. The van der Waals surface area contributed by atoms with Gasteiger partial charge in [-0.1, -0.05) is 55.3 Å². The number of nitrogens with zero attached hydrogens (tertiary/aromatic N) is 1. The highest BCUT2D eigenvalue weighted by Gasteiger charge is 2.50. The number of benzene rings is 1. The molecule has 1 aliphatic heterocycles. The minimum absolute atomic E-state index is 0.163. The first kappa shape index (κ1) is 21.8. The van der Waals surface area contributed by atoms with Gasteiger partial charge in [0.1, 0.15) is 18.2 Å².